The van der Waals surface area contributed by atoms with Crippen LogP contribution in [0, 0.1) is 0 Å². The van der Waals surface area contributed by atoms with Gasteiger partial charge in [0.1, 0.15) is 0 Å². The van der Waals surface area contributed by atoms with Crippen molar-refractivity contribution in [1.29, 1.82) is 0 Å². The van der Waals surface area contributed by atoms with Crippen LogP contribution in [-0.2, 0) is 16.0 Å². The summed E-state index contributed by atoms with van der Waals surface area (Å²) in [6.07, 6.45) is 0.877. The summed E-state index contributed by atoms with van der Waals surface area (Å²) < 4.78 is 4.98. The Balaban J connectivity index is 1.93. The van der Waals surface area contributed by atoms with Gasteiger partial charge in [-0.1, -0.05) is 53.9 Å². The number of esters is 1. The Hall–Kier alpha value is -1.75. The van der Waals surface area contributed by atoms with Gasteiger partial charge in [-0.2, -0.15) is 0 Å². The SMILES string of the molecule is CCc1ccc(C(=O)OCC(=O)Nc2cc(Cl)c(Cl)cc2Cl)cc1. The van der Waals surface area contributed by atoms with Crippen LogP contribution < -0.4 is 5.32 Å². The molecule has 2 aromatic rings. The molecule has 0 bridgehead atoms. The van der Waals surface area contributed by atoms with Crippen molar-refractivity contribution in [2.24, 2.45) is 0 Å². The smallest absolute Gasteiger partial charge is 0.338 e. The molecule has 0 unspecified atom stereocenters. The minimum absolute atomic E-state index is 0.235. The molecule has 0 saturated heterocycles. The topological polar surface area (TPSA) is 55.4 Å². The van der Waals surface area contributed by atoms with Crippen molar-refractivity contribution in [3.8, 4) is 0 Å². The van der Waals surface area contributed by atoms with E-state index >= 15 is 0 Å². The van der Waals surface area contributed by atoms with Gasteiger partial charge in [0, 0.05) is 0 Å². The summed E-state index contributed by atoms with van der Waals surface area (Å²) in [5, 5.41) is 3.28. The predicted octanol–water partition coefficient (Wildman–Crippen LogP) is 5.00. The van der Waals surface area contributed by atoms with Crippen molar-refractivity contribution in [2.75, 3.05) is 11.9 Å². The first-order chi connectivity index (χ1) is 11.4. The van der Waals surface area contributed by atoms with E-state index in [1.165, 1.54) is 12.1 Å². The van der Waals surface area contributed by atoms with Gasteiger partial charge >= 0.3 is 5.97 Å². The Kier molecular flexibility index (Phi) is 6.49. The molecule has 7 heteroatoms. The molecule has 0 heterocycles. The van der Waals surface area contributed by atoms with Crippen molar-refractivity contribution in [2.45, 2.75) is 13.3 Å². The zero-order valence-electron chi connectivity index (χ0n) is 12.7. The first kappa shape index (κ1) is 18.6. The van der Waals surface area contributed by atoms with Crippen LogP contribution in [0.25, 0.3) is 0 Å². The fourth-order valence-corrected chi connectivity index (χ4v) is 2.49. The van der Waals surface area contributed by atoms with Gasteiger partial charge in [-0.15, -0.1) is 0 Å². The molecule has 2 aromatic carbocycles. The third-order valence-corrected chi connectivity index (χ3v) is 4.25. The van der Waals surface area contributed by atoms with Gasteiger partial charge in [0.25, 0.3) is 5.91 Å². The highest BCUT2D eigenvalue weighted by molar-refractivity contribution is 6.44. The van der Waals surface area contributed by atoms with Crippen molar-refractivity contribution in [1.82, 2.24) is 0 Å². The van der Waals surface area contributed by atoms with Crippen LogP contribution in [-0.4, -0.2) is 18.5 Å². The Labute approximate surface area is 154 Å². The highest BCUT2D eigenvalue weighted by Crippen LogP contribution is 2.32. The van der Waals surface area contributed by atoms with E-state index in [2.05, 4.69) is 5.32 Å². The van der Waals surface area contributed by atoms with E-state index < -0.39 is 18.5 Å². The summed E-state index contributed by atoms with van der Waals surface area (Å²) in [6, 6.07) is 9.85. The third-order valence-electron chi connectivity index (χ3n) is 3.22. The number of amides is 1. The molecule has 24 heavy (non-hydrogen) atoms. The largest absolute Gasteiger partial charge is 0.452 e. The fourth-order valence-electron chi connectivity index (χ4n) is 1.90. The van der Waals surface area contributed by atoms with Crippen LogP contribution in [0.2, 0.25) is 15.1 Å². The number of carbonyl (C=O) groups excluding carboxylic acids is 2. The number of aryl methyl sites for hydroxylation is 1. The molecule has 0 fully saturated rings. The molecule has 1 N–H and O–H groups in total. The van der Waals surface area contributed by atoms with Gasteiger partial charge in [-0.3, -0.25) is 4.79 Å². The number of hydrogen-bond donors (Lipinski definition) is 1. The fraction of sp³-hybridized carbons (Fsp3) is 0.176. The summed E-state index contributed by atoms with van der Waals surface area (Å²) in [6.45, 7) is 1.58. The molecule has 0 aliphatic heterocycles. The second-order valence-corrected chi connectivity index (χ2v) is 6.14. The van der Waals surface area contributed by atoms with E-state index in [4.69, 9.17) is 39.5 Å². The van der Waals surface area contributed by atoms with Crippen molar-refractivity contribution in [3.63, 3.8) is 0 Å². The highest BCUT2D eigenvalue weighted by Gasteiger charge is 2.13. The predicted molar refractivity (Wildman–Crippen MR) is 96.2 cm³/mol. The molecule has 0 spiro atoms. The first-order valence-electron chi connectivity index (χ1n) is 7.11. The van der Waals surface area contributed by atoms with Gasteiger partial charge < -0.3 is 10.1 Å². The van der Waals surface area contributed by atoms with Crippen LogP contribution in [0.1, 0.15) is 22.8 Å². The summed E-state index contributed by atoms with van der Waals surface area (Å²) in [4.78, 5) is 23.8. The molecule has 0 radical (unpaired) electrons. The van der Waals surface area contributed by atoms with Crippen molar-refractivity contribution >= 4 is 52.4 Å². The quantitative estimate of drug-likeness (QED) is 0.581. The number of anilines is 1. The first-order valence-corrected chi connectivity index (χ1v) is 8.24. The Morgan fingerprint density at radius 1 is 1.00 bits per heavy atom. The van der Waals surface area contributed by atoms with E-state index in [-0.39, 0.29) is 15.1 Å². The van der Waals surface area contributed by atoms with E-state index in [1.54, 1.807) is 12.1 Å². The van der Waals surface area contributed by atoms with Crippen LogP contribution in [0.15, 0.2) is 36.4 Å². The maximum Gasteiger partial charge on any atom is 0.338 e. The van der Waals surface area contributed by atoms with Gasteiger partial charge in [0.05, 0.1) is 26.3 Å². The second kappa shape index (κ2) is 8.38. The van der Waals surface area contributed by atoms with Gasteiger partial charge in [-0.05, 0) is 36.2 Å². The standard InChI is InChI=1S/C17H14Cl3NO3/c1-2-10-3-5-11(6-4-10)17(23)24-9-16(22)21-15-8-13(19)12(18)7-14(15)20/h3-8H,2,9H2,1H3,(H,21,22). The monoisotopic (exact) mass is 385 g/mol. The summed E-state index contributed by atoms with van der Waals surface area (Å²) in [7, 11) is 0. The number of carbonyl (C=O) groups is 2. The Morgan fingerprint density at radius 3 is 2.25 bits per heavy atom. The number of benzene rings is 2. The summed E-state index contributed by atoms with van der Waals surface area (Å²) in [5.41, 5.74) is 1.78. The molecule has 0 saturated carbocycles. The number of rotatable bonds is 5. The highest BCUT2D eigenvalue weighted by atomic mass is 35.5. The maximum absolute atomic E-state index is 11.9. The molecular formula is C17H14Cl3NO3. The zero-order valence-corrected chi connectivity index (χ0v) is 15.0. The Morgan fingerprint density at radius 2 is 1.62 bits per heavy atom. The molecule has 4 nitrogen and oxygen atoms in total. The van der Waals surface area contributed by atoms with Crippen molar-refractivity contribution in [3.05, 3.63) is 62.6 Å². The normalized spacial score (nSPS) is 10.3. The lowest BCUT2D eigenvalue weighted by molar-refractivity contribution is -0.119. The number of halogens is 3. The lowest BCUT2D eigenvalue weighted by atomic mass is 10.1. The third kappa shape index (κ3) is 4.87. The van der Waals surface area contributed by atoms with Crippen LogP contribution in [0.5, 0.6) is 0 Å². The molecule has 0 atom stereocenters. The second-order valence-electron chi connectivity index (χ2n) is 4.92. The van der Waals surface area contributed by atoms with Crippen LogP contribution in [0.3, 0.4) is 0 Å². The van der Waals surface area contributed by atoms with Gasteiger partial charge in [-0.25, -0.2) is 4.79 Å². The lowest BCUT2D eigenvalue weighted by Crippen LogP contribution is -2.21. The van der Waals surface area contributed by atoms with E-state index in [0.29, 0.717) is 11.3 Å². The average molecular weight is 387 g/mol. The Bertz CT molecular complexity index is 760. The maximum atomic E-state index is 11.9. The van der Waals surface area contributed by atoms with E-state index in [9.17, 15) is 9.59 Å². The number of nitrogens with one attached hydrogen (secondary N) is 1. The molecule has 126 valence electrons. The molecule has 0 aliphatic carbocycles. The summed E-state index contributed by atoms with van der Waals surface area (Å²) in [5.74, 6) is -1.11. The van der Waals surface area contributed by atoms with Crippen LogP contribution in [0.4, 0.5) is 5.69 Å². The van der Waals surface area contributed by atoms with Gasteiger partial charge in [0.2, 0.25) is 0 Å². The minimum Gasteiger partial charge on any atom is -0.452 e. The molecule has 2 rings (SSSR count). The zero-order chi connectivity index (χ0) is 17.7. The molecule has 0 aromatic heterocycles. The molecule has 0 aliphatic rings. The molecular weight excluding hydrogens is 373 g/mol. The summed E-state index contributed by atoms with van der Waals surface area (Å²) >= 11 is 17.7. The van der Waals surface area contributed by atoms with E-state index in [1.807, 2.05) is 19.1 Å². The minimum atomic E-state index is -0.576. The lowest BCUT2D eigenvalue weighted by Gasteiger charge is -2.09. The van der Waals surface area contributed by atoms with Gasteiger partial charge in [0.15, 0.2) is 6.61 Å². The molecule has 1 amide bonds. The average Bonchev–Trinajstić information content (AvgIpc) is 2.57. The van der Waals surface area contributed by atoms with E-state index in [0.717, 1.165) is 12.0 Å². The van der Waals surface area contributed by atoms with Crippen molar-refractivity contribution < 1.29 is 14.3 Å². The number of hydrogen-bond acceptors (Lipinski definition) is 3. The number of ether oxygens (including phenoxy) is 1. The van der Waals surface area contributed by atoms with Crippen LogP contribution >= 0.6 is 34.8 Å².